The lowest BCUT2D eigenvalue weighted by Gasteiger charge is -2.07. The molecule has 0 saturated carbocycles. The van der Waals surface area contributed by atoms with Crippen molar-refractivity contribution >= 4 is 29.2 Å². The number of ether oxygens (including phenoxy) is 1. The minimum atomic E-state index is -0.302. The molecule has 0 aliphatic carbocycles. The topological polar surface area (TPSA) is 81.4 Å². The molecule has 0 bridgehead atoms. The maximum absolute atomic E-state index is 11.8. The third-order valence-electron chi connectivity index (χ3n) is 2.41. The molecular weight excluding hydrogens is 268 g/mol. The second-order valence-electron chi connectivity index (χ2n) is 3.90. The molecule has 0 unspecified atom stereocenters. The standard InChI is InChI=1S/C13H17ClN2O3/c1-2-19-12(17)4-3-7-16-13(18)10-8-9(14)5-6-11(10)15/h5-6,8H,2-4,7,15H2,1H3,(H,16,18). The van der Waals surface area contributed by atoms with Crippen LogP contribution in [0.2, 0.25) is 5.02 Å². The maximum atomic E-state index is 11.8. The zero-order chi connectivity index (χ0) is 14.3. The number of carbonyl (C=O) groups is 2. The van der Waals surface area contributed by atoms with Gasteiger partial charge in [-0.2, -0.15) is 0 Å². The fourth-order valence-electron chi connectivity index (χ4n) is 1.49. The Morgan fingerprint density at radius 2 is 2.16 bits per heavy atom. The van der Waals surface area contributed by atoms with Crippen molar-refractivity contribution in [2.75, 3.05) is 18.9 Å². The Morgan fingerprint density at radius 3 is 2.84 bits per heavy atom. The molecule has 5 nitrogen and oxygen atoms in total. The van der Waals surface area contributed by atoms with E-state index in [0.29, 0.717) is 35.8 Å². The number of hydrogen-bond acceptors (Lipinski definition) is 4. The summed E-state index contributed by atoms with van der Waals surface area (Å²) in [5.41, 5.74) is 6.39. The number of nitrogens with two attached hydrogens (primary N) is 1. The molecule has 1 aromatic rings. The van der Waals surface area contributed by atoms with E-state index in [1.54, 1.807) is 19.1 Å². The smallest absolute Gasteiger partial charge is 0.305 e. The summed E-state index contributed by atoms with van der Waals surface area (Å²) in [4.78, 5) is 22.9. The van der Waals surface area contributed by atoms with E-state index >= 15 is 0 Å². The lowest BCUT2D eigenvalue weighted by Crippen LogP contribution is -2.25. The predicted octanol–water partition coefficient (Wildman–Crippen LogP) is 2.00. The third-order valence-corrected chi connectivity index (χ3v) is 2.64. The van der Waals surface area contributed by atoms with E-state index in [0.717, 1.165) is 0 Å². The second-order valence-corrected chi connectivity index (χ2v) is 4.33. The Hall–Kier alpha value is -1.75. The van der Waals surface area contributed by atoms with Gasteiger partial charge in [0.2, 0.25) is 0 Å². The van der Waals surface area contributed by atoms with Gasteiger partial charge in [0.25, 0.3) is 5.91 Å². The molecule has 0 spiro atoms. The van der Waals surface area contributed by atoms with E-state index in [2.05, 4.69) is 5.32 Å². The number of rotatable bonds is 6. The van der Waals surface area contributed by atoms with Crippen molar-refractivity contribution in [3.05, 3.63) is 28.8 Å². The van der Waals surface area contributed by atoms with Gasteiger partial charge in [0.15, 0.2) is 0 Å². The largest absolute Gasteiger partial charge is 0.466 e. The van der Waals surface area contributed by atoms with Crippen molar-refractivity contribution in [1.29, 1.82) is 0 Å². The summed E-state index contributed by atoms with van der Waals surface area (Å²) in [6.45, 7) is 2.50. The zero-order valence-electron chi connectivity index (χ0n) is 10.7. The van der Waals surface area contributed by atoms with E-state index in [4.69, 9.17) is 22.1 Å². The number of halogens is 1. The van der Waals surface area contributed by atoms with Gasteiger partial charge in [-0.25, -0.2) is 0 Å². The molecule has 0 aromatic heterocycles. The summed E-state index contributed by atoms with van der Waals surface area (Å²) < 4.78 is 4.78. The number of carbonyl (C=O) groups excluding carboxylic acids is 2. The summed E-state index contributed by atoms with van der Waals surface area (Å²) in [6.07, 6.45) is 0.796. The molecule has 0 radical (unpaired) electrons. The number of benzene rings is 1. The molecule has 0 saturated heterocycles. The van der Waals surface area contributed by atoms with Crippen molar-refractivity contribution in [1.82, 2.24) is 5.32 Å². The van der Waals surface area contributed by atoms with E-state index in [9.17, 15) is 9.59 Å². The molecular formula is C13H17ClN2O3. The lowest BCUT2D eigenvalue weighted by atomic mass is 10.1. The monoisotopic (exact) mass is 284 g/mol. The first-order valence-corrected chi connectivity index (χ1v) is 6.41. The SMILES string of the molecule is CCOC(=O)CCCNC(=O)c1cc(Cl)ccc1N. The van der Waals surface area contributed by atoms with Crippen LogP contribution in [0.4, 0.5) is 5.69 Å². The fraction of sp³-hybridized carbons (Fsp3) is 0.385. The van der Waals surface area contributed by atoms with Crippen LogP contribution in [0.15, 0.2) is 18.2 Å². The van der Waals surface area contributed by atoms with Crippen molar-refractivity contribution < 1.29 is 14.3 Å². The molecule has 104 valence electrons. The molecule has 19 heavy (non-hydrogen) atoms. The van der Waals surface area contributed by atoms with Crippen molar-refractivity contribution in [3.63, 3.8) is 0 Å². The number of nitrogens with one attached hydrogen (secondary N) is 1. The van der Waals surface area contributed by atoms with Gasteiger partial charge in [-0.05, 0) is 31.5 Å². The van der Waals surface area contributed by atoms with Crippen molar-refractivity contribution in [2.45, 2.75) is 19.8 Å². The minimum Gasteiger partial charge on any atom is -0.466 e. The third kappa shape index (κ3) is 5.18. The number of esters is 1. The van der Waals surface area contributed by atoms with Gasteiger partial charge in [0, 0.05) is 23.7 Å². The summed E-state index contributed by atoms with van der Waals surface area (Å²) >= 11 is 5.80. The quantitative estimate of drug-likeness (QED) is 0.475. The minimum absolute atomic E-state index is 0.265. The molecule has 0 aliphatic heterocycles. The van der Waals surface area contributed by atoms with Crippen LogP contribution >= 0.6 is 11.6 Å². The van der Waals surface area contributed by atoms with Gasteiger partial charge in [0.05, 0.1) is 12.2 Å². The number of nitrogen functional groups attached to an aromatic ring is 1. The summed E-state index contributed by atoms with van der Waals surface area (Å²) in [7, 11) is 0. The lowest BCUT2D eigenvalue weighted by molar-refractivity contribution is -0.143. The van der Waals surface area contributed by atoms with Crippen LogP contribution in [0.3, 0.4) is 0 Å². The molecule has 1 amide bonds. The van der Waals surface area contributed by atoms with Crippen LogP contribution in [0.1, 0.15) is 30.1 Å². The first-order valence-electron chi connectivity index (χ1n) is 6.03. The summed E-state index contributed by atoms with van der Waals surface area (Å²) in [6, 6.07) is 4.71. The Morgan fingerprint density at radius 1 is 1.42 bits per heavy atom. The van der Waals surface area contributed by atoms with Gasteiger partial charge >= 0.3 is 5.97 Å². The highest BCUT2D eigenvalue weighted by atomic mass is 35.5. The van der Waals surface area contributed by atoms with Crippen LogP contribution in [0, 0.1) is 0 Å². The van der Waals surface area contributed by atoms with E-state index in [1.165, 1.54) is 6.07 Å². The summed E-state index contributed by atoms with van der Waals surface area (Å²) in [5.74, 6) is -0.567. The Balaban J connectivity index is 2.39. The number of amides is 1. The van der Waals surface area contributed by atoms with Crippen LogP contribution in [0.5, 0.6) is 0 Å². The predicted molar refractivity (Wildman–Crippen MR) is 74.1 cm³/mol. The number of anilines is 1. The van der Waals surface area contributed by atoms with Crippen LogP contribution in [-0.2, 0) is 9.53 Å². The molecule has 6 heteroatoms. The molecule has 1 rings (SSSR count). The molecule has 0 fully saturated rings. The number of hydrogen-bond donors (Lipinski definition) is 2. The van der Waals surface area contributed by atoms with Gasteiger partial charge < -0.3 is 15.8 Å². The van der Waals surface area contributed by atoms with Crippen LogP contribution in [-0.4, -0.2) is 25.0 Å². The van der Waals surface area contributed by atoms with Crippen LogP contribution in [0.25, 0.3) is 0 Å². The van der Waals surface area contributed by atoms with Gasteiger partial charge in [-0.1, -0.05) is 11.6 Å². The fourth-order valence-corrected chi connectivity index (χ4v) is 1.66. The van der Waals surface area contributed by atoms with E-state index in [1.807, 2.05) is 0 Å². The maximum Gasteiger partial charge on any atom is 0.305 e. The molecule has 0 atom stereocenters. The Kier molecular flexibility index (Phi) is 6.15. The van der Waals surface area contributed by atoms with E-state index < -0.39 is 0 Å². The Labute approximate surface area is 117 Å². The van der Waals surface area contributed by atoms with Crippen LogP contribution < -0.4 is 11.1 Å². The molecule has 0 aliphatic rings. The van der Waals surface area contributed by atoms with E-state index in [-0.39, 0.29) is 18.3 Å². The summed E-state index contributed by atoms with van der Waals surface area (Å²) in [5, 5.41) is 3.13. The highest BCUT2D eigenvalue weighted by molar-refractivity contribution is 6.31. The zero-order valence-corrected chi connectivity index (χ0v) is 11.5. The highest BCUT2D eigenvalue weighted by Crippen LogP contribution is 2.17. The highest BCUT2D eigenvalue weighted by Gasteiger charge is 2.10. The molecule has 0 heterocycles. The van der Waals surface area contributed by atoms with Gasteiger partial charge in [0.1, 0.15) is 0 Å². The first kappa shape index (κ1) is 15.3. The molecule has 1 aromatic carbocycles. The first-order chi connectivity index (χ1) is 9.04. The average Bonchev–Trinajstić information content (AvgIpc) is 2.37. The van der Waals surface area contributed by atoms with Gasteiger partial charge in [-0.3, -0.25) is 9.59 Å². The van der Waals surface area contributed by atoms with Gasteiger partial charge in [-0.15, -0.1) is 0 Å². The average molecular weight is 285 g/mol. The Bertz CT molecular complexity index is 463. The van der Waals surface area contributed by atoms with Crippen molar-refractivity contribution in [2.24, 2.45) is 0 Å². The normalized spacial score (nSPS) is 10.0. The second kappa shape index (κ2) is 7.63. The molecule has 3 N–H and O–H groups in total. The van der Waals surface area contributed by atoms with Crippen molar-refractivity contribution in [3.8, 4) is 0 Å².